The lowest BCUT2D eigenvalue weighted by Crippen LogP contribution is -2.41. The van der Waals surface area contributed by atoms with Crippen LogP contribution in [0.5, 0.6) is 0 Å². The number of nitrogens with one attached hydrogen (secondary N) is 1. The minimum absolute atomic E-state index is 0.257. The first-order valence-electron chi connectivity index (χ1n) is 6.28. The van der Waals surface area contributed by atoms with Gasteiger partial charge in [0, 0.05) is 31.0 Å². The molecule has 20 heavy (non-hydrogen) atoms. The zero-order valence-electron chi connectivity index (χ0n) is 11.3. The van der Waals surface area contributed by atoms with E-state index in [1.165, 1.54) is 7.11 Å². The zero-order valence-corrected chi connectivity index (χ0v) is 12.9. The third-order valence-electron chi connectivity index (χ3n) is 2.77. The van der Waals surface area contributed by atoms with Gasteiger partial charge in [-0.3, -0.25) is 4.79 Å². The molecule has 0 saturated heterocycles. The van der Waals surface area contributed by atoms with Gasteiger partial charge in [0.1, 0.15) is 6.04 Å². The van der Waals surface area contributed by atoms with Gasteiger partial charge in [0.05, 0.1) is 0 Å². The number of carboxylic acids is 1. The Labute approximate surface area is 126 Å². The van der Waals surface area contributed by atoms with Gasteiger partial charge in [-0.25, -0.2) is 4.79 Å². The van der Waals surface area contributed by atoms with Crippen molar-refractivity contribution >= 4 is 27.8 Å². The minimum Gasteiger partial charge on any atom is -0.480 e. The Morgan fingerprint density at radius 3 is 2.80 bits per heavy atom. The summed E-state index contributed by atoms with van der Waals surface area (Å²) in [5.41, 5.74) is 1.03. The van der Waals surface area contributed by atoms with Crippen molar-refractivity contribution in [1.82, 2.24) is 5.32 Å². The van der Waals surface area contributed by atoms with Crippen LogP contribution < -0.4 is 5.32 Å². The first-order valence-corrected chi connectivity index (χ1v) is 7.07. The normalized spacial score (nSPS) is 11.9. The highest BCUT2D eigenvalue weighted by Crippen LogP contribution is 2.13. The number of methoxy groups -OCH3 is 1. The predicted octanol–water partition coefficient (Wildman–Crippen LogP) is 1.99. The second-order valence-corrected chi connectivity index (χ2v) is 5.29. The Kier molecular flexibility index (Phi) is 7.25. The number of carboxylic acid groups (broad SMARTS) is 1. The molecule has 0 aliphatic carbocycles. The minimum atomic E-state index is -1.04. The molecule has 5 nitrogen and oxygen atoms in total. The summed E-state index contributed by atoms with van der Waals surface area (Å²) in [5, 5.41) is 11.5. The first kappa shape index (κ1) is 16.7. The van der Waals surface area contributed by atoms with E-state index in [9.17, 15) is 9.59 Å². The maximum absolute atomic E-state index is 11.8. The molecule has 0 bridgehead atoms. The van der Waals surface area contributed by atoms with Crippen LogP contribution in [0.4, 0.5) is 0 Å². The fourth-order valence-electron chi connectivity index (χ4n) is 1.71. The van der Waals surface area contributed by atoms with E-state index in [2.05, 4.69) is 21.2 Å². The predicted molar refractivity (Wildman–Crippen MR) is 78.5 cm³/mol. The molecular weight excluding hydrogens is 326 g/mol. The number of hydrogen-bond donors (Lipinski definition) is 2. The van der Waals surface area contributed by atoms with E-state index in [1.807, 2.05) is 24.3 Å². The van der Waals surface area contributed by atoms with E-state index in [0.717, 1.165) is 10.0 Å². The van der Waals surface area contributed by atoms with Gasteiger partial charge < -0.3 is 15.2 Å². The van der Waals surface area contributed by atoms with Crippen LogP contribution in [0.1, 0.15) is 18.4 Å². The van der Waals surface area contributed by atoms with Gasteiger partial charge in [-0.05, 0) is 24.1 Å². The van der Waals surface area contributed by atoms with Gasteiger partial charge in [-0.2, -0.15) is 0 Å². The second-order valence-electron chi connectivity index (χ2n) is 4.37. The van der Waals surface area contributed by atoms with E-state index in [4.69, 9.17) is 9.84 Å². The number of benzene rings is 1. The largest absolute Gasteiger partial charge is 0.480 e. The maximum Gasteiger partial charge on any atom is 0.326 e. The molecule has 1 amide bonds. The quantitative estimate of drug-likeness (QED) is 0.756. The molecule has 0 radical (unpaired) electrons. The molecule has 1 atom stereocenters. The molecule has 0 fully saturated rings. The fraction of sp³-hybridized carbons (Fsp3) is 0.429. The van der Waals surface area contributed by atoms with E-state index in [0.29, 0.717) is 13.0 Å². The number of amides is 1. The van der Waals surface area contributed by atoms with Gasteiger partial charge in [0.15, 0.2) is 0 Å². The molecule has 6 heteroatoms. The monoisotopic (exact) mass is 343 g/mol. The smallest absolute Gasteiger partial charge is 0.326 e. The lowest BCUT2D eigenvalue weighted by Gasteiger charge is -2.14. The third kappa shape index (κ3) is 6.16. The van der Waals surface area contributed by atoms with Gasteiger partial charge in [0.2, 0.25) is 5.91 Å². The van der Waals surface area contributed by atoms with E-state index >= 15 is 0 Å². The van der Waals surface area contributed by atoms with Crippen molar-refractivity contribution in [3.05, 3.63) is 34.3 Å². The van der Waals surface area contributed by atoms with E-state index in [1.54, 1.807) is 0 Å². The van der Waals surface area contributed by atoms with Crippen LogP contribution >= 0.6 is 15.9 Å². The summed E-state index contributed by atoms with van der Waals surface area (Å²) in [4.78, 5) is 22.7. The van der Waals surface area contributed by atoms with Gasteiger partial charge in [0.25, 0.3) is 0 Å². The third-order valence-corrected chi connectivity index (χ3v) is 3.27. The average molecular weight is 344 g/mol. The molecular formula is C14H18BrNO4. The Morgan fingerprint density at radius 1 is 1.45 bits per heavy atom. The molecule has 0 aliphatic rings. The molecule has 0 saturated carbocycles. The summed E-state index contributed by atoms with van der Waals surface area (Å²) in [5.74, 6) is -1.31. The van der Waals surface area contributed by atoms with Crippen LogP contribution in [0, 0.1) is 0 Å². The van der Waals surface area contributed by atoms with Crippen LogP contribution in [0.2, 0.25) is 0 Å². The first-order chi connectivity index (χ1) is 9.52. The van der Waals surface area contributed by atoms with Crippen molar-refractivity contribution in [2.45, 2.75) is 25.3 Å². The van der Waals surface area contributed by atoms with Crippen molar-refractivity contribution in [1.29, 1.82) is 0 Å². The summed E-state index contributed by atoms with van der Waals surface area (Å²) in [6.07, 6.45) is 1.09. The van der Waals surface area contributed by atoms with Crippen molar-refractivity contribution < 1.29 is 19.4 Å². The number of aryl methyl sites for hydroxylation is 1. The number of hydrogen-bond acceptors (Lipinski definition) is 3. The van der Waals surface area contributed by atoms with E-state index < -0.39 is 12.0 Å². The Bertz CT molecular complexity index is 464. The Balaban J connectivity index is 2.43. The molecule has 2 N–H and O–H groups in total. The molecule has 1 aromatic carbocycles. The van der Waals surface area contributed by atoms with Crippen molar-refractivity contribution in [2.75, 3.05) is 13.7 Å². The molecule has 1 unspecified atom stereocenters. The molecule has 110 valence electrons. The molecule has 0 spiro atoms. The van der Waals surface area contributed by atoms with E-state index in [-0.39, 0.29) is 18.7 Å². The van der Waals surface area contributed by atoms with Gasteiger partial charge in [-0.1, -0.05) is 28.1 Å². The lowest BCUT2D eigenvalue weighted by atomic mass is 10.1. The molecule has 0 aromatic heterocycles. The topological polar surface area (TPSA) is 75.6 Å². The molecule has 0 heterocycles. The number of ether oxygens (including phenoxy) is 1. The Morgan fingerprint density at radius 2 is 2.20 bits per heavy atom. The van der Waals surface area contributed by atoms with Crippen LogP contribution in [0.3, 0.4) is 0 Å². The summed E-state index contributed by atoms with van der Waals surface area (Å²) < 4.78 is 5.78. The maximum atomic E-state index is 11.8. The summed E-state index contributed by atoms with van der Waals surface area (Å²) in [6.45, 7) is 0.295. The summed E-state index contributed by atoms with van der Waals surface area (Å²) in [6, 6.07) is 6.78. The number of halogens is 1. The second kappa shape index (κ2) is 8.71. The number of carbonyl (C=O) groups excluding carboxylic acids is 1. The molecule has 1 aromatic rings. The highest BCUT2D eigenvalue weighted by Gasteiger charge is 2.19. The Hall–Kier alpha value is -1.40. The van der Waals surface area contributed by atoms with Gasteiger partial charge >= 0.3 is 5.97 Å². The molecule has 1 rings (SSSR count). The number of aliphatic carboxylic acids is 1. The highest BCUT2D eigenvalue weighted by molar-refractivity contribution is 9.10. The standard InChI is InChI=1S/C14H18BrNO4/c1-20-8-7-12(14(18)19)16-13(17)6-5-10-3-2-4-11(15)9-10/h2-4,9,12H,5-8H2,1H3,(H,16,17)(H,18,19). The number of carbonyl (C=O) groups is 2. The molecule has 0 aliphatic heterocycles. The lowest BCUT2D eigenvalue weighted by molar-refractivity contribution is -0.142. The van der Waals surface area contributed by atoms with Gasteiger partial charge in [-0.15, -0.1) is 0 Å². The zero-order chi connectivity index (χ0) is 15.0. The average Bonchev–Trinajstić information content (AvgIpc) is 2.41. The van der Waals surface area contributed by atoms with Crippen LogP contribution in [0.25, 0.3) is 0 Å². The number of rotatable bonds is 8. The fourth-order valence-corrected chi connectivity index (χ4v) is 2.16. The summed E-state index contributed by atoms with van der Waals surface area (Å²) >= 11 is 3.36. The SMILES string of the molecule is COCCC(NC(=O)CCc1cccc(Br)c1)C(=O)O. The van der Waals surface area contributed by atoms with Crippen molar-refractivity contribution in [3.8, 4) is 0 Å². The van der Waals surface area contributed by atoms with Crippen LogP contribution in [-0.4, -0.2) is 36.7 Å². The van der Waals surface area contributed by atoms with Crippen LogP contribution in [0.15, 0.2) is 28.7 Å². The highest BCUT2D eigenvalue weighted by atomic mass is 79.9. The summed E-state index contributed by atoms with van der Waals surface area (Å²) in [7, 11) is 1.49. The van der Waals surface area contributed by atoms with Crippen molar-refractivity contribution in [2.24, 2.45) is 0 Å². The van der Waals surface area contributed by atoms with Crippen molar-refractivity contribution in [3.63, 3.8) is 0 Å². The van der Waals surface area contributed by atoms with Crippen LogP contribution in [-0.2, 0) is 20.7 Å².